The fourth-order valence-corrected chi connectivity index (χ4v) is 3.66. The molecule has 130 valence electrons. The zero-order chi connectivity index (χ0) is 16.8. The van der Waals surface area contributed by atoms with Crippen LogP contribution in [0.1, 0.15) is 25.0 Å². The van der Waals surface area contributed by atoms with Gasteiger partial charge in [0.1, 0.15) is 0 Å². The molecule has 2 N–H and O–H groups in total. The molecule has 1 atom stereocenters. The van der Waals surface area contributed by atoms with Gasteiger partial charge in [-0.25, -0.2) is 4.98 Å². The van der Waals surface area contributed by atoms with Crippen molar-refractivity contribution < 1.29 is 14.3 Å². The lowest BCUT2D eigenvalue weighted by atomic mass is 10.1. The number of aromatic nitrogens is 1. The minimum absolute atomic E-state index is 0.157. The molecule has 3 rings (SSSR count). The van der Waals surface area contributed by atoms with Crippen LogP contribution in [0.4, 0.5) is 5.13 Å². The normalized spacial score (nSPS) is 20.2. The Morgan fingerprint density at radius 2 is 2.08 bits per heavy atom. The summed E-state index contributed by atoms with van der Waals surface area (Å²) in [7, 11) is 0. The lowest BCUT2D eigenvalue weighted by Gasteiger charge is -2.26. The summed E-state index contributed by atoms with van der Waals surface area (Å²) < 4.78 is 5.32. The Balaban J connectivity index is 1.40. The van der Waals surface area contributed by atoms with Gasteiger partial charge in [-0.2, -0.15) is 0 Å². The summed E-state index contributed by atoms with van der Waals surface area (Å²) in [5, 5.41) is 2.80. The van der Waals surface area contributed by atoms with Crippen LogP contribution < -0.4 is 15.8 Å². The number of carbonyl (C=O) groups excluding carboxylic acids is 2. The number of ether oxygens (including phenoxy) is 1. The van der Waals surface area contributed by atoms with E-state index in [2.05, 4.69) is 32.9 Å². The fourth-order valence-electron chi connectivity index (χ4n) is 2.78. The maximum Gasteiger partial charge on any atom is 0.244 e. The van der Waals surface area contributed by atoms with Gasteiger partial charge < -0.3 is 9.64 Å². The highest BCUT2D eigenvalue weighted by molar-refractivity contribution is 7.13. The van der Waals surface area contributed by atoms with Gasteiger partial charge in [0, 0.05) is 24.9 Å². The summed E-state index contributed by atoms with van der Waals surface area (Å²) in [6.45, 7) is 3.06. The molecule has 0 aromatic carbocycles. The molecule has 1 saturated heterocycles. The van der Waals surface area contributed by atoms with Crippen molar-refractivity contribution in [1.82, 2.24) is 15.8 Å². The molecule has 0 radical (unpaired) electrons. The monoisotopic (exact) mass is 350 g/mol. The first-order chi connectivity index (χ1) is 11.7. The Morgan fingerprint density at radius 1 is 1.29 bits per heavy atom. The largest absolute Gasteiger partial charge is 0.378 e. The Bertz CT molecular complexity index is 610. The quantitative estimate of drug-likeness (QED) is 0.612. The number of morpholine rings is 1. The van der Waals surface area contributed by atoms with E-state index in [4.69, 9.17) is 4.74 Å². The first-order valence-electron chi connectivity index (χ1n) is 8.22. The van der Waals surface area contributed by atoms with Crippen molar-refractivity contribution in [3.8, 4) is 0 Å². The standard InChI is InChI=1S/C16H22N4O3S/c21-14(9-12-3-1-2-4-12)18-19-15(22)10-13-11-24-16(17-13)20-5-7-23-8-6-20/h1,3,11-12H,2,4-10H2,(H,18,21)(H,19,22)/t12-/m1/s1. The molecule has 0 unspecified atom stereocenters. The molecule has 1 aliphatic carbocycles. The third-order valence-corrected chi connectivity index (χ3v) is 5.01. The minimum Gasteiger partial charge on any atom is -0.378 e. The van der Waals surface area contributed by atoms with Gasteiger partial charge in [0.2, 0.25) is 11.8 Å². The van der Waals surface area contributed by atoms with Crippen molar-refractivity contribution in [2.75, 3.05) is 31.2 Å². The Hall–Kier alpha value is -1.93. The van der Waals surface area contributed by atoms with E-state index in [0.29, 0.717) is 25.3 Å². The smallest absolute Gasteiger partial charge is 0.244 e. The maximum atomic E-state index is 11.9. The number of hydrazine groups is 1. The molecule has 1 fully saturated rings. The van der Waals surface area contributed by atoms with E-state index < -0.39 is 0 Å². The molecule has 24 heavy (non-hydrogen) atoms. The Morgan fingerprint density at radius 3 is 2.83 bits per heavy atom. The number of thiazole rings is 1. The number of nitrogens with zero attached hydrogens (tertiary/aromatic N) is 2. The van der Waals surface area contributed by atoms with Crippen LogP contribution in [0.2, 0.25) is 0 Å². The van der Waals surface area contributed by atoms with Crippen molar-refractivity contribution in [3.05, 3.63) is 23.2 Å². The van der Waals surface area contributed by atoms with Crippen LogP contribution in [-0.2, 0) is 20.7 Å². The number of anilines is 1. The van der Waals surface area contributed by atoms with Gasteiger partial charge in [0.15, 0.2) is 5.13 Å². The van der Waals surface area contributed by atoms with Gasteiger partial charge in [-0.15, -0.1) is 11.3 Å². The molecular formula is C16H22N4O3S. The van der Waals surface area contributed by atoms with Crippen LogP contribution in [0, 0.1) is 5.92 Å². The second kappa shape index (κ2) is 8.25. The van der Waals surface area contributed by atoms with Gasteiger partial charge in [-0.1, -0.05) is 12.2 Å². The lowest BCUT2D eigenvalue weighted by Crippen LogP contribution is -2.42. The van der Waals surface area contributed by atoms with Crippen molar-refractivity contribution in [1.29, 1.82) is 0 Å². The highest BCUT2D eigenvalue weighted by atomic mass is 32.1. The average Bonchev–Trinajstić information content (AvgIpc) is 3.26. The third kappa shape index (κ3) is 4.78. The van der Waals surface area contributed by atoms with E-state index in [0.717, 1.165) is 31.1 Å². The van der Waals surface area contributed by atoms with Crippen LogP contribution in [0.25, 0.3) is 0 Å². The van der Waals surface area contributed by atoms with E-state index in [9.17, 15) is 9.59 Å². The average molecular weight is 350 g/mol. The highest BCUT2D eigenvalue weighted by Crippen LogP contribution is 2.22. The number of allylic oxidation sites excluding steroid dienone is 2. The SMILES string of the molecule is O=C(Cc1csc(N2CCOCC2)n1)NNC(=O)C[C@@H]1C=CCC1. The topological polar surface area (TPSA) is 83.6 Å². The first-order valence-corrected chi connectivity index (χ1v) is 9.10. The lowest BCUT2D eigenvalue weighted by molar-refractivity contribution is -0.128. The summed E-state index contributed by atoms with van der Waals surface area (Å²) >= 11 is 1.53. The number of hydrogen-bond donors (Lipinski definition) is 2. The van der Waals surface area contributed by atoms with Gasteiger partial charge in [-0.3, -0.25) is 20.4 Å². The van der Waals surface area contributed by atoms with Crippen molar-refractivity contribution in [2.45, 2.75) is 25.7 Å². The molecule has 2 amide bonds. The number of nitrogens with one attached hydrogen (secondary N) is 2. The summed E-state index contributed by atoms with van der Waals surface area (Å²) in [5.41, 5.74) is 5.65. The van der Waals surface area contributed by atoms with Crippen LogP contribution in [-0.4, -0.2) is 43.1 Å². The first kappa shape index (κ1) is 16.9. The summed E-state index contributed by atoms with van der Waals surface area (Å²) in [4.78, 5) is 30.4. The molecule has 0 saturated carbocycles. The predicted molar refractivity (Wildman–Crippen MR) is 91.6 cm³/mol. The number of hydrogen-bond acceptors (Lipinski definition) is 6. The molecule has 0 bridgehead atoms. The summed E-state index contributed by atoms with van der Waals surface area (Å²) in [6.07, 6.45) is 6.75. The van der Waals surface area contributed by atoms with E-state index >= 15 is 0 Å². The van der Waals surface area contributed by atoms with Crippen LogP contribution >= 0.6 is 11.3 Å². The van der Waals surface area contributed by atoms with Crippen LogP contribution in [0.5, 0.6) is 0 Å². The Labute approximate surface area is 145 Å². The molecular weight excluding hydrogens is 328 g/mol. The summed E-state index contributed by atoms with van der Waals surface area (Å²) in [6, 6.07) is 0. The van der Waals surface area contributed by atoms with E-state index in [-0.39, 0.29) is 24.2 Å². The van der Waals surface area contributed by atoms with Crippen molar-refractivity contribution >= 4 is 28.3 Å². The molecule has 2 aliphatic rings. The molecule has 2 heterocycles. The van der Waals surface area contributed by atoms with Crippen LogP contribution in [0.15, 0.2) is 17.5 Å². The molecule has 8 heteroatoms. The molecule has 0 spiro atoms. The van der Waals surface area contributed by atoms with Gasteiger partial charge in [0.05, 0.1) is 25.3 Å². The zero-order valence-electron chi connectivity index (χ0n) is 13.5. The third-order valence-electron chi connectivity index (χ3n) is 4.06. The van der Waals surface area contributed by atoms with Gasteiger partial charge in [-0.05, 0) is 18.8 Å². The molecule has 1 aromatic heterocycles. The minimum atomic E-state index is -0.260. The van der Waals surface area contributed by atoms with Crippen LogP contribution in [0.3, 0.4) is 0 Å². The van der Waals surface area contributed by atoms with Crippen molar-refractivity contribution in [3.63, 3.8) is 0 Å². The number of rotatable bonds is 5. The van der Waals surface area contributed by atoms with E-state index in [1.165, 1.54) is 11.3 Å². The van der Waals surface area contributed by atoms with E-state index in [1.807, 2.05) is 5.38 Å². The predicted octanol–water partition coefficient (Wildman–Crippen LogP) is 1.03. The second-order valence-corrected chi connectivity index (χ2v) is 6.80. The van der Waals surface area contributed by atoms with Gasteiger partial charge in [0.25, 0.3) is 0 Å². The number of amides is 2. The van der Waals surface area contributed by atoms with Crippen molar-refractivity contribution in [2.24, 2.45) is 5.92 Å². The highest BCUT2D eigenvalue weighted by Gasteiger charge is 2.17. The van der Waals surface area contributed by atoms with E-state index in [1.54, 1.807) is 0 Å². The summed E-state index contributed by atoms with van der Waals surface area (Å²) in [5.74, 6) is -0.132. The second-order valence-electron chi connectivity index (χ2n) is 5.96. The number of carbonyl (C=O) groups is 2. The zero-order valence-corrected chi connectivity index (χ0v) is 14.3. The Kier molecular flexibility index (Phi) is 5.81. The van der Waals surface area contributed by atoms with Gasteiger partial charge >= 0.3 is 0 Å². The molecule has 7 nitrogen and oxygen atoms in total. The maximum absolute atomic E-state index is 11.9. The molecule has 1 aromatic rings. The fraction of sp³-hybridized carbons (Fsp3) is 0.562. The molecule has 1 aliphatic heterocycles.